The van der Waals surface area contributed by atoms with Crippen molar-refractivity contribution in [1.82, 2.24) is 9.88 Å². The van der Waals surface area contributed by atoms with Crippen LogP contribution in [0.3, 0.4) is 0 Å². The lowest BCUT2D eigenvalue weighted by Gasteiger charge is -2.37. The third-order valence-corrected chi connectivity index (χ3v) is 6.21. The lowest BCUT2D eigenvalue weighted by molar-refractivity contribution is -0.126. The van der Waals surface area contributed by atoms with Crippen molar-refractivity contribution in [2.24, 2.45) is 0 Å². The van der Waals surface area contributed by atoms with Gasteiger partial charge in [-0.2, -0.15) is 0 Å². The predicted octanol–water partition coefficient (Wildman–Crippen LogP) is 3.80. The molecule has 2 aliphatic rings. The fourth-order valence-corrected chi connectivity index (χ4v) is 4.60. The molecule has 0 aliphatic carbocycles. The van der Waals surface area contributed by atoms with E-state index < -0.39 is 11.6 Å². The van der Waals surface area contributed by atoms with E-state index in [4.69, 9.17) is 9.47 Å². The molecule has 7 nitrogen and oxygen atoms in total. The molecule has 0 spiro atoms. The number of hydrogen-bond acceptors (Lipinski definition) is 6. The maximum absolute atomic E-state index is 16.0. The summed E-state index contributed by atoms with van der Waals surface area (Å²) in [5.74, 6) is -1.41. The number of carbonyl (C=O) groups excluding carboxylic acids is 1. The average Bonchev–Trinajstić information content (AvgIpc) is 2.84. The highest BCUT2D eigenvalue weighted by atomic mass is 19.1. The molecule has 0 unspecified atom stereocenters. The minimum atomic E-state index is -0.755. The molecule has 1 N–H and O–H groups in total. The van der Waals surface area contributed by atoms with Crippen LogP contribution in [0.1, 0.15) is 5.56 Å². The molecule has 1 saturated heterocycles. The number of phenols is 1. The minimum Gasteiger partial charge on any atom is -0.507 e. The summed E-state index contributed by atoms with van der Waals surface area (Å²) in [6.45, 7) is 7.70. The van der Waals surface area contributed by atoms with Gasteiger partial charge in [-0.15, -0.1) is 0 Å². The summed E-state index contributed by atoms with van der Waals surface area (Å²) < 4.78 is 42.2. The van der Waals surface area contributed by atoms with Crippen molar-refractivity contribution in [3.8, 4) is 28.5 Å². The second kappa shape index (κ2) is 8.48. The van der Waals surface area contributed by atoms with Crippen molar-refractivity contribution in [3.63, 3.8) is 0 Å². The van der Waals surface area contributed by atoms with E-state index in [9.17, 15) is 14.3 Å². The number of pyridine rings is 1. The number of aromatic nitrogens is 1. The van der Waals surface area contributed by atoms with Gasteiger partial charge in [0.05, 0.1) is 11.3 Å². The maximum atomic E-state index is 16.0. The first-order valence-corrected chi connectivity index (χ1v) is 11.0. The lowest BCUT2D eigenvalue weighted by atomic mass is 9.95. The summed E-state index contributed by atoms with van der Waals surface area (Å²) in [5.41, 5.74) is 0.781. The van der Waals surface area contributed by atoms with Crippen LogP contribution in [0.25, 0.3) is 22.0 Å². The Labute approximate surface area is 194 Å². The van der Waals surface area contributed by atoms with Crippen LogP contribution in [0, 0.1) is 18.6 Å². The molecule has 1 aromatic heterocycles. The first-order chi connectivity index (χ1) is 16.4. The van der Waals surface area contributed by atoms with Crippen LogP contribution < -0.4 is 14.4 Å². The van der Waals surface area contributed by atoms with Crippen molar-refractivity contribution in [3.05, 3.63) is 54.1 Å². The fraction of sp³-hybridized carbons (Fsp3) is 0.280. The Morgan fingerprint density at radius 1 is 1.15 bits per heavy atom. The van der Waals surface area contributed by atoms with E-state index in [1.165, 1.54) is 24.3 Å². The zero-order valence-corrected chi connectivity index (χ0v) is 18.6. The minimum absolute atomic E-state index is 0.00731. The average molecular weight is 467 g/mol. The quantitative estimate of drug-likeness (QED) is 0.591. The van der Waals surface area contributed by atoms with E-state index in [2.05, 4.69) is 11.6 Å². The molecule has 2 aromatic carbocycles. The number of anilines is 1. The standard InChI is InChI=1S/C25H23F2N3O4/c1-3-18(32)29-7-9-30(10-8-29)23-15-13-14(2)19(20-16(26)5-4-6-17(20)31)21(27)22(15)28-25-24(23)33-11-12-34-25/h3-6,13,31H,1,7-12H2,2H3. The lowest BCUT2D eigenvalue weighted by Crippen LogP contribution is -2.48. The summed E-state index contributed by atoms with van der Waals surface area (Å²) in [5, 5.41) is 10.8. The van der Waals surface area contributed by atoms with Crippen LogP contribution in [-0.4, -0.2) is 60.3 Å². The summed E-state index contributed by atoms with van der Waals surface area (Å²) in [7, 11) is 0. The molecule has 1 fully saturated rings. The molecule has 9 heteroatoms. The van der Waals surface area contributed by atoms with E-state index in [-0.39, 0.29) is 40.8 Å². The van der Waals surface area contributed by atoms with Crippen LogP contribution in [-0.2, 0) is 4.79 Å². The molecule has 3 heterocycles. The summed E-state index contributed by atoms with van der Waals surface area (Å²) >= 11 is 0. The van der Waals surface area contributed by atoms with E-state index in [1.807, 2.05) is 4.90 Å². The van der Waals surface area contributed by atoms with Crippen LogP contribution in [0.5, 0.6) is 17.4 Å². The number of benzene rings is 2. The molecule has 34 heavy (non-hydrogen) atoms. The second-order valence-electron chi connectivity index (χ2n) is 8.22. The number of carbonyl (C=O) groups is 1. The van der Waals surface area contributed by atoms with Gasteiger partial charge < -0.3 is 24.4 Å². The van der Waals surface area contributed by atoms with Crippen LogP contribution in [0.15, 0.2) is 36.9 Å². The van der Waals surface area contributed by atoms with Gasteiger partial charge in [0, 0.05) is 37.1 Å². The fourth-order valence-electron chi connectivity index (χ4n) is 4.60. The molecule has 0 atom stereocenters. The highest BCUT2D eigenvalue weighted by Crippen LogP contribution is 2.47. The zero-order valence-electron chi connectivity index (χ0n) is 18.6. The van der Waals surface area contributed by atoms with Crippen molar-refractivity contribution in [2.45, 2.75) is 6.92 Å². The van der Waals surface area contributed by atoms with Crippen molar-refractivity contribution in [2.75, 3.05) is 44.3 Å². The van der Waals surface area contributed by atoms with Crippen LogP contribution >= 0.6 is 0 Å². The van der Waals surface area contributed by atoms with Crippen LogP contribution in [0.2, 0.25) is 0 Å². The maximum Gasteiger partial charge on any atom is 0.260 e. The zero-order chi connectivity index (χ0) is 24.0. The Morgan fingerprint density at radius 2 is 1.88 bits per heavy atom. The third-order valence-electron chi connectivity index (χ3n) is 6.21. The molecular formula is C25H23F2N3O4. The first kappa shape index (κ1) is 21.9. The monoisotopic (exact) mass is 467 g/mol. The third kappa shape index (κ3) is 3.48. The topological polar surface area (TPSA) is 75.1 Å². The molecule has 0 radical (unpaired) electrons. The van der Waals surface area contributed by atoms with E-state index in [1.54, 1.807) is 17.9 Å². The van der Waals surface area contributed by atoms with Crippen LogP contribution in [0.4, 0.5) is 14.5 Å². The van der Waals surface area contributed by atoms with Crippen molar-refractivity contribution in [1.29, 1.82) is 0 Å². The number of amides is 1. The normalized spacial score (nSPS) is 15.5. The Balaban J connectivity index is 1.70. The first-order valence-electron chi connectivity index (χ1n) is 11.0. The number of nitrogens with zero attached hydrogens (tertiary/aromatic N) is 3. The highest BCUT2D eigenvalue weighted by molar-refractivity contribution is 6.00. The van der Waals surface area contributed by atoms with Gasteiger partial charge in [-0.3, -0.25) is 4.79 Å². The number of phenolic OH excluding ortho intramolecular Hbond substituents is 1. The van der Waals surface area contributed by atoms with Gasteiger partial charge in [0.25, 0.3) is 5.88 Å². The van der Waals surface area contributed by atoms with E-state index >= 15 is 4.39 Å². The number of aromatic hydroxyl groups is 1. The molecule has 3 aromatic rings. The van der Waals surface area contributed by atoms with E-state index in [0.717, 1.165) is 0 Å². The van der Waals surface area contributed by atoms with E-state index in [0.29, 0.717) is 55.2 Å². The van der Waals surface area contributed by atoms with Crippen molar-refractivity contribution >= 4 is 22.5 Å². The van der Waals surface area contributed by atoms with Gasteiger partial charge >= 0.3 is 0 Å². The summed E-state index contributed by atoms with van der Waals surface area (Å²) in [6, 6.07) is 5.57. The molecule has 5 rings (SSSR count). The second-order valence-corrected chi connectivity index (χ2v) is 8.22. The number of piperazine rings is 1. The Morgan fingerprint density at radius 3 is 2.59 bits per heavy atom. The van der Waals surface area contributed by atoms with Gasteiger partial charge in [0.15, 0.2) is 5.82 Å². The summed E-state index contributed by atoms with van der Waals surface area (Å²) in [4.78, 5) is 20.1. The molecule has 2 aliphatic heterocycles. The molecular weight excluding hydrogens is 444 g/mol. The smallest absolute Gasteiger partial charge is 0.260 e. The highest BCUT2D eigenvalue weighted by Gasteiger charge is 2.31. The van der Waals surface area contributed by atoms with Gasteiger partial charge in [-0.25, -0.2) is 13.8 Å². The Hall–Kier alpha value is -3.88. The van der Waals surface area contributed by atoms with Gasteiger partial charge in [-0.05, 0) is 36.8 Å². The molecule has 0 bridgehead atoms. The SMILES string of the molecule is C=CC(=O)N1CCN(c2c3c(nc4c(F)c(-c5c(O)cccc5F)c(C)cc24)OCCO3)CC1. The number of halogens is 2. The molecule has 0 saturated carbocycles. The predicted molar refractivity (Wildman–Crippen MR) is 123 cm³/mol. The number of rotatable bonds is 3. The largest absolute Gasteiger partial charge is 0.507 e. The Bertz CT molecular complexity index is 1300. The van der Waals surface area contributed by atoms with Crippen molar-refractivity contribution < 1.29 is 28.2 Å². The summed E-state index contributed by atoms with van der Waals surface area (Å²) in [6.07, 6.45) is 1.29. The molecule has 1 amide bonds. The van der Waals surface area contributed by atoms with Gasteiger partial charge in [0.1, 0.15) is 30.3 Å². The number of hydrogen-bond donors (Lipinski definition) is 1. The molecule has 176 valence electrons. The Kier molecular flexibility index (Phi) is 5.47. The number of fused-ring (bicyclic) bond motifs is 2. The number of aryl methyl sites for hydroxylation is 1. The number of ether oxygens (including phenoxy) is 2. The van der Waals surface area contributed by atoms with Gasteiger partial charge in [-0.1, -0.05) is 12.6 Å². The van der Waals surface area contributed by atoms with Gasteiger partial charge in [0.2, 0.25) is 11.7 Å².